The van der Waals surface area contributed by atoms with Crippen molar-refractivity contribution in [2.24, 2.45) is 0 Å². The number of benzene rings is 2. The average molecular weight is 338 g/mol. The molecule has 2 aromatic carbocycles. The predicted octanol–water partition coefficient (Wildman–Crippen LogP) is 3.82. The standard InChI is InChI=1S/C20H18O5/c1-12(21)13(2)24-16-8-9-17-18(11-20(22)25-19(17)10-16)14-4-6-15(23-3)7-5-14/h4-11,13H,1-3H3/t13-/m1/s1. The highest BCUT2D eigenvalue weighted by atomic mass is 16.5. The van der Waals surface area contributed by atoms with Gasteiger partial charge in [0.2, 0.25) is 0 Å². The van der Waals surface area contributed by atoms with Crippen molar-refractivity contribution in [3.8, 4) is 22.6 Å². The Bertz CT molecular complexity index is 970. The Labute approximate surface area is 144 Å². The van der Waals surface area contributed by atoms with Gasteiger partial charge in [-0.3, -0.25) is 4.79 Å². The van der Waals surface area contributed by atoms with E-state index in [1.54, 1.807) is 26.2 Å². The van der Waals surface area contributed by atoms with Gasteiger partial charge in [0.05, 0.1) is 7.11 Å². The molecule has 0 fully saturated rings. The van der Waals surface area contributed by atoms with E-state index in [2.05, 4.69) is 0 Å². The molecule has 1 aromatic heterocycles. The quantitative estimate of drug-likeness (QED) is 0.662. The predicted molar refractivity (Wildman–Crippen MR) is 95.2 cm³/mol. The highest BCUT2D eigenvalue weighted by Gasteiger charge is 2.12. The molecule has 0 saturated carbocycles. The van der Waals surface area contributed by atoms with Gasteiger partial charge in [0, 0.05) is 17.5 Å². The van der Waals surface area contributed by atoms with Crippen molar-refractivity contribution < 1.29 is 18.7 Å². The molecule has 0 saturated heterocycles. The topological polar surface area (TPSA) is 65.7 Å². The zero-order chi connectivity index (χ0) is 18.0. The van der Waals surface area contributed by atoms with E-state index in [1.165, 1.54) is 13.0 Å². The lowest BCUT2D eigenvalue weighted by molar-refractivity contribution is -0.122. The molecule has 5 heteroatoms. The van der Waals surface area contributed by atoms with Crippen molar-refractivity contribution in [1.82, 2.24) is 0 Å². The summed E-state index contributed by atoms with van der Waals surface area (Å²) in [7, 11) is 1.60. The molecule has 128 valence electrons. The van der Waals surface area contributed by atoms with Gasteiger partial charge in [-0.2, -0.15) is 0 Å². The number of carbonyl (C=O) groups is 1. The van der Waals surface area contributed by atoms with Crippen LogP contribution in [0.25, 0.3) is 22.1 Å². The number of hydrogen-bond donors (Lipinski definition) is 0. The van der Waals surface area contributed by atoms with Crippen molar-refractivity contribution in [3.05, 3.63) is 59.0 Å². The summed E-state index contributed by atoms with van der Waals surface area (Å²) in [6.45, 7) is 3.14. The van der Waals surface area contributed by atoms with E-state index in [4.69, 9.17) is 13.9 Å². The van der Waals surface area contributed by atoms with Crippen LogP contribution in [0.1, 0.15) is 13.8 Å². The Balaban J connectivity index is 2.07. The average Bonchev–Trinajstić information content (AvgIpc) is 2.60. The summed E-state index contributed by atoms with van der Waals surface area (Å²) >= 11 is 0. The molecule has 1 heterocycles. The molecule has 0 aliphatic carbocycles. The number of carbonyl (C=O) groups excluding carboxylic acids is 1. The molecule has 1 atom stereocenters. The maximum absolute atomic E-state index is 12.0. The first-order valence-corrected chi connectivity index (χ1v) is 7.87. The van der Waals surface area contributed by atoms with Gasteiger partial charge in [0.25, 0.3) is 0 Å². The second-order valence-electron chi connectivity index (χ2n) is 5.74. The van der Waals surface area contributed by atoms with Crippen LogP contribution < -0.4 is 15.1 Å². The summed E-state index contributed by atoms with van der Waals surface area (Å²) in [6.07, 6.45) is -0.561. The van der Waals surface area contributed by atoms with E-state index in [9.17, 15) is 9.59 Å². The monoisotopic (exact) mass is 338 g/mol. The van der Waals surface area contributed by atoms with Crippen molar-refractivity contribution >= 4 is 16.8 Å². The Kier molecular flexibility index (Phi) is 4.57. The third-order valence-electron chi connectivity index (χ3n) is 4.00. The maximum Gasteiger partial charge on any atom is 0.336 e. The Morgan fingerprint density at radius 2 is 1.72 bits per heavy atom. The van der Waals surface area contributed by atoms with Crippen LogP contribution in [0.2, 0.25) is 0 Å². The summed E-state index contributed by atoms with van der Waals surface area (Å²) in [5, 5.41) is 0.785. The van der Waals surface area contributed by atoms with E-state index in [-0.39, 0.29) is 5.78 Å². The van der Waals surface area contributed by atoms with Crippen LogP contribution in [0.3, 0.4) is 0 Å². The Morgan fingerprint density at radius 3 is 2.36 bits per heavy atom. The summed E-state index contributed by atoms with van der Waals surface area (Å²) in [6, 6.07) is 14.1. The van der Waals surface area contributed by atoms with Crippen LogP contribution in [-0.4, -0.2) is 19.0 Å². The second-order valence-corrected chi connectivity index (χ2v) is 5.74. The van der Waals surface area contributed by atoms with E-state index < -0.39 is 11.7 Å². The summed E-state index contributed by atoms with van der Waals surface area (Å²) < 4.78 is 16.0. The minimum absolute atomic E-state index is 0.0754. The molecule has 0 bridgehead atoms. The number of methoxy groups -OCH3 is 1. The van der Waals surface area contributed by atoms with Gasteiger partial charge >= 0.3 is 5.63 Å². The first-order chi connectivity index (χ1) is 12.0. The molecule has 5 nitrogen and oxygen atoms in total. The molecule has 0 amide bonds. The second kappa shape index (κ2) is 6.81. The number of hydrogen-bond acceptors (Lipinski definition) is 5. The van der Waals surface area contributed by atoms with Gasteiger partial charge in [-0.1, -0.05) is 12.1 Å². The number of Topliss-reactive ketones (excluding diaryl/α,β-unsaturated/α-hetero) is 1. The van der Waals surface area contributed by atoms with Crippen LogP contribution in [0.5, 0.6) is 11.5 Å². The lowest BCUT2D eigenvalue weighted by Crippen LogP contribution is -2.20. The summed E-state index contributed by atoms with van der Waals surface area (Å²) in [5.74, 6) is 1.14. The van der Waals surface area contributed by atoms with Crippen LogP contribution in [0.4, 0.5) is 0 Å². The summed E-state index contributed by atoms with van der Waals surface area (Å²) in [4.78, 5) is 23.3. The fourth-order valence-electron chi connectivity index (χ4n) is 2.51. The summed E-state index contributed by atoms with van der Waals surface area (Å²) in [5.41, 5.74) is 1.60. The van der Waals surface area contributed by atoms with Crippen molar-refractivity contribution in [1.29, 1.82) is 0 Å². The SMILES string of the molecule is COc1ccc(-c2cc(=O)oc3cc(O[C@H](C)C(C)=O)ccc23)cc1. The van der Waals surface area contributed by atoms with E-state index in [1.807, 2.05) is 30.3 Å². The molecule has 25 heavy (non-hydrogen) atoms. The zero-order valence-corrected chi connectivity index (χ0v) is 14.2. The fraction of sp³-hybridized carbons (Fsp3) is 0.200. The molecule has 0 N–H and O–H groups in total. The Hall–Kier alpha value is -3.08. The van der Waals surface area contributed by atoms with Gasteiger partial charge in [-0.05, 0) is 49.2 Å². The van der Waals surface area contributed by atoms with Crippen molar-refractivity contribution in [3.63, 3.8) is 0 Å². The highest BCUT2D eigenvalue weighted by molar-refractivity contribution is 5.93. The molecule has 0 spiro atoms. The van der Waals surface area contributed by atoms with Crippen molar-refractivity contribution in [2.45, 2.75) is 20.0 Å². The van der Waals surface area contributed by atoms with E-state index in [0.29, 0.717) is 11.3 Å². The lowest BCUT2D eigenvalue weighted by Gasteiger charge is -2.12. The molecule has 0 radical (unpaired) electrons. The molecule has 3 aromatic rings. The lowest BCUT2D eigenvalue weighted by atomic mass is 10.0. The van der Waals surface area contributed by atoms with Crippen LogP contribution in [0.15, 0.2) is 57.7 Å². The third kappa shape index (κ3) is 3.55. The van der Waals surface area contributed by atoms with Gasteiger partial charge in [-0.25, -0.2) is 4.79 Å². The Morgan fingerprint density at radius 1 is 1.04 bits per heavy atom. The molecular weight excluding hydrogens is 320 g/mol. The van der Waals surface area contributed by atoms with Crippen LogP contribution >= 0.6 is 0 Å². The highest BCUT2D eigenvalue weighted by Crippen LogP contribution is 2.30. The number of ether oxygens (including phenoxy) is 2. The smallest absolute Gasteiger partial charge is 0.336 e. The minimum atomic E-state index is -0.561. The molecule has 0 aliphatic rings. The van der Waals surface area contributed by atoms with Gasteiger partial charge in [-0.15, -0.1) is 0 Å². The molecule has 0 aliphatic heterocycles. The maximum atomic E-state index is 12.0. The largest absolute Gasteiger partial charge is 0.497 e. The molecule has 3 rings (SSSR count). The van der Waals surface area contributed by atoms with Crippen molar-refractivity contribution in [2.75, 3.05) is 7.11 Å². The zero-order valence-electron chi connectivity index (χ0n) is 14.2. The van der Waals surface area contributed by atoms with Gasteiger partial charge in [0.1, 0.15) is 17.1 Å². The minimum Gasteiger partial charge on any atom is -0.497 e. The van der Waals surface area contributed by atoms with Gasteiger partial charge in [0.15, 0.2) is 11.9 Å². The number of ketones is 1. The van der Waals surface area contributed by atoms with Crippen LogP contribution in [0, 0.1) is 0 Å². The van der Waals surface area contributed by atoms with E-state index in [0.717, 1.165) is 22.3 Å². The molecular formula is C20H18O5. The first-order valence-electron chi connectivity index (χ1n) is 7.87. The van der Waals surface area contributed by atoms with Crippen LogP contribution in [-0.2, 0) is 4.79 Å². The van der Waals surface area contributed by atoms with Gasteiger partial charge < -0.3 is 13.9 Å². The normalized spacial score (nSPS) is 12.0. The molecule has 0 unspecified atom stereocenters. The number of rotatable bonds is 5. The van der Waals surface area contributed by atoms with E-state index >= 15 is 0 Å². The first kappa shape index (κ1) is 16.8. The third-order valence-corrected chi connectivity index (χ3v) is 4.00. The number of fused-ring (bicyclic) bond motifs is 1. The fourth-order valence-corrected chi connectivity index (χ4v) is 2.51.